The van der Waals surface area contributed by atoms with Gasteiger partial charge in [-0.15, -0.1) is 0 Å². The molecule has 0 amide bonds. The quantitative estimate of drug-likeness (QED) is 0.811. The van der Waals surface area contributed by atoms with Crippen LogP contribution in [0.2, 0.25) is 5.02 Å². The van der Waals surface area contributed by atoms with E-state index in [0.29, 0.717) is 11.1 Å². The molecule has 82 valence electrons. The first kappa shape index (κ1) is 10.8. The van der Waals surface area contributed by atoms with Gasteiger partial charge in [-0.05, 0) is 37.4 Å². The van der Waals surface area contributed by atoms with Crippen molar-refractivity contribution >= 4 is 11.6 Å². The standard InChI is InChI=1S/C12H16ClNO/c13-11-6-3-4-9(12(11)15)8-10-5-1-2-7-14-10/h3-4,6,10,14-15H,1-2,5,7-8H2. The van der Waals surface area contributed by atoms with Gasteiger partial charge in [-0.1, -0.05) is 30.2 Å². The molecule has 1 unspecified atom stereocenters. The lowest BCUT2D eigenvalue weighted by molar-refractivity contribution is 0.392. The van der Waals surface area contributed by atoms with E-state index in [1.807, 2.05) is 12.1 Å². The fraction of sp³-hybridized carbons (Fsp3) is 0.500. The minimum Gasteiger partial charge on any atom is -0.506 e. The summed E-state index contributed by atoms with van der Waals surface area (Å²) in [5.74, 6) is 0.242. The third-order valence-electron chi connectivity index (χ3n) is 2.95. The van der Waals surface area contributed by atoms with Crippen LogP contribution >= 0.6 is 11.6 Å². The van der Waals surface area contributed by atoms with E-state index in [-0.39, 0.29) is 5.75 Å². The molecule has 2 rings (SSSR count). The minimum absolute atomic E-state index is 0.242. The lowest BCUT2D eigenvalue weighted by atomic mass is 9.97. The summed E-state index contributed by atoms with van der Waals surface area (Å²) >= 11 is 5.86. The van der Waals surface area contributed by atoms with E-state index in [0.717, 1.165) is 18.5 Å². The summed E-state index contributed by atoms with van der Waals surface area (Å²) in [6.07, 6.45) is 4.59. The molecule has 0 bridgehead atoms. The van der Waals surface area contributed by atoms with Gasteiger partial charge in [0.1, 0.15) is 5.75 Å². The molecule has 0 aliphatic carbocycles. The van der Waals surface area contributed by atoms with Gasteiger partial charge >= 0.3 is 0 Å². The molecule has 1 aliphatic rings. The van der Waals surface area contributed by atoms with Crippen molar-refractivity contribution in [3.8, 4) is 5.75 Å². The highest BCUT2D eigenvalue weighted by molar-refractivity contribution is 6.32. The molecule has 0 saturated carbocycles. The van der Waals surface area contributed by atoms with Gasteiger partial charge in [0.05, 0.1) is 5.02 Å². The molecule has 1 saturated heterocycles. The van der Waals surface area contributed by atoms with Crippen LogP contribution < -0.4 is 5.32 Å². The molecule has 2 N–H and O–H groups in total. The Hall–Kier alpha value is -0.730. The summed E-state index contributed by atoms with van der Waals surface area (Å²) in [7, 11) is 0. The highest BCUT2D eigenvalue weighted by atomic mass is 35.5. The number of phenolic OH excluding ortho intramolecular Hbond substituents is 1. The lowest BCUT2D eigenvalue weighted by Crippen LogP contribution is -2.35. The van der Waals surface area contributed by atoms with Gasteiger partial charge in [-0.3, -0.25) is 0 Å². The number of phenols is 1. The number of benzene rings is 1. The van der Waals surface area contributed by atoms with Gasteiger partial charge < -0.3 is 10.4 Å². The van der Waals surface area contributed by atoms with Crippen molar-refractivity contribution in [1.82, 2.24) is 5.32 Å². The number of rotatable bonds is 2. The fourth-order valence-corrected chi connectivity index (χ4v) is 2.28. The molecule has 1 aromatic rings. The average molecular weight is 226 g/mol. The minimum atomic E-state index is 0.242. The number of halogens is 1. The SMILES string of the molecule is Oc1c(Cl)cccc1CC1CCCCN1. The smallest absolute Gasteiger partial charge is 0.137 e. The van der Waals surface area contributed by atoms with Gasteiger partial charge in [0.15, 0.2) is 0 Å². The second-order valence-corrected chi connectivity index (χ2v) is 4.51. The van der Waals surface area contributed by atoms with Crippen LogP contribution in [0.25, 0.3) is 0 Å². The second kappa shape index (κ2) is 4.86. The zero-order valence-corrected chi connectivity index (χ0v) is 9.43. The van der Waals surface area contributed by atoms with E-state index in [1.165, 1.54) is 19.3 Å². The summed E-state index contributed by atoms with van der Waals surface area (Å²) in [4.78, 5) is 0. The molecule has 1 aromatic carbocycles. The Morgan fingerprint density at radius 2 is 2.27 bits per heavy atom. The molecule has 1 fully saturated rings. The molecule has 2 nitrogen and oxygen atoms in total. The molecule has 1 atom stereocenters. The van der Waals surface area contributed by atoms with Crippen molar-refractivity contribution < 1.29 is 5.11 Å². The average Bonchev–Trinajstić information content (AvgIpc) is 2.26. The normalized spacial score (nSPS) is 21.5. The summed E-state index contributed by atoms with van der Waals surface area (Å²) in [6, 6.07) is 6.04. The highest BCUT2D eigenvalue weighted by Crippen LogP contribution is 2.28. The third-order valence-corrected chi connectivity index (χ3v) is 3.25. The Bertz CT molecular complexity index is 334. The van der Waals surface area contributed by atoms with Crippen LogP contribution in [0.1, 0.15) is 24.8 Å². The van der Waals surface area contributed by atoms with E-state index in [1.54, 1.807) is 6.07 Å². The van der Waals surface area contributed by atoms with Gasteiger partial charge in [0.2, 0.25) is 0 Å². The van der Waals surface area contributed by atoms with Gasteiger partial charge in [-0.2, -0.15) is 0 Å². The molecule has 1 heterocycles. The van der Waals surface area contributed by atoms with Gasteiger partial charge in [0, 0.05) is 6.04 Å². The van der Waals surface area contributed by atoms with Crippen molar-refractivity contribution in [2.24, 2.45) is 0 Å². The summed E-state index contributed by atoms with van der Waals surface area (Å²) in [5, 5.41) is 13.7. The monoisotopic (exact) mass is 225 g/mol. The molecule has 0 radical (unpaired) electrons. The van der Waals surface area contributed by atoms with Crippen molar-refractivity contribution in [3.05, 3.63) is 28.8 Å². The Kier molecular flexibility index (Phi) is 3.49. The molecular formula is C12H16ClNO. The van der Waals surface area contributed by atoms with E-state index in [9.17, 15) is 5.11 Å². The van der Waals surface area contributed by atoms with Gasteiger partial charge in [0.25, 0.3) is 0 Å². The Labute approximate surface area is 95.3 Å². The van der Waals surface area contributed by atoms with Crippen molar-refractivity contribution in [1.29, 1.82) is 0 Å². The fourth-order valence-electron chi connectivity index (χ4n) is 2.09. The van der Waals surface area contributed by atoms with Crippen molar-refractivity contribution in [3.63, 3.8) is 0 Å². The van der Waals surface area contributed by atoms with E-state index < -0.39 is 0 Å². The maximum atomic E-state index is 9.77. The van der Waals surface area contributed by atoms with Crippen LogP contribution in [-0.2, 0) is 6.42 Å². The predicted octanol–water partition coefficient (Wildman–Crippen LogP) is 2.73. The summed E-state index contributed by atoms with van der Waals surface area (Å²) < 4.78 is 0. The zero-order chi connectivity index (χ0) is 10.7. The lowest BCUT2D eigenvalue weighted by Gasteiger charge is -2.23. The molecular weight excluding hydrogens is 210 g/mol. The maximum Gasteiger partial charge on any atom is 0.137 e. The number of piperidine rings is 1. The van der Waals surface area contributed by atoms with E-state index >= 15 is 0 Å². The third kappa shape index (κ3) is 2.64. The molecule has 3 heteroatoms. The first-order chi connectivity index (χ1) is 7.27. The molecule has 0 aromatic heterocycles. The number of hydrogen-bond acceptors (Lipinski definition) is 2. The first-order valence-electron chi connectivity index (χ1n) is 5.47. The summed E-state index contributed by atoms with van der Waals surface area (Å²) in [5.41, 5.74) is 0.946. The number of hydrogen-bond donors (Lipinski definition) is 2. The topological polar surface area (TPSA) is 32.3 Å². The van der Waals surface area contributed by atoms with Crippen LogP contribution in [0.5, 0.6) is 5.75 Å². The zero-order valence-electron chi connectivity index (χ0n) is 8.67. The summed E-state index contributed by atoms with van der Waals surface area (Å²) in [6.45, 7) is 1.09. The first-order valence-corrected chi connectivity index (χ1v) is 5.85. The van der Waals surface area contributed by atoms with Crippen molar-refractivity contribution in [2.75, 3.05) is 6.54 Å². The van der Waals surface area contributed by atoms with Crippen molar-refractivity contribution in [2.45, 2.75) is 31.7 Å². The van der Waals surface area contributed by atoms with Crippen LogP contribution in [0, 0.1) is 0 Å². The number of nitrogens with one attached hydrogen (secondary N) is 1. The Balaban J connectivity index is 2.06. The van der Waals surface area contributed by atoms with E-state index in [2.05, 4.69) is 5.32 Å². The van der Waals surface area contributed by atoms with Crippen LogP contribution in [0.4, 0.5) is 0 Å². The largest absolute Gasteiger partial charge is 0.506 e. The predicted molar refractivity (Wildman–Crippen MR) is 62.5 cm³/mol. The van der Waals surface area contributed by atoms with Crippen LogP contribution in [0.15, 0.2) is 18.2 Å². The maximum absolute atomic E-state index is 9.77. The van der Waals surface area contributed by atoms with Crippen LogP contribution in [0.3, 0.4) is 0 Å². The molecule has 1 aliphatic heterocycles. The number of para-hydroxylation sites is 1. The van der Waals surface area contributed by atoms with E-state index in [4.69, 9.17) is 11.6 Å². The number of aromatic hydroxyl groups is 1. The van der Waals surface area contributed by atoms with Gasteiger partial charge in [-0.25, -0.2) is 0 Å². The second-order valence-electron chi connectivity index (χ2n) is 4.10. The Morgan fingerprint density at radius 3 is 3.00 bits per heavy atom. The molecule has 15 heavy (non-hydrogen) atoms. The van der Waals surface area contributed by atoms with Crippen LogP contribution in [-0.4, -0.2) is 17.7 Å². The Morgan fingerprint density at radius 1 is 1.40 bits per heavy atom. The highest BCUT2D eigenvalue weighted by Gasteiger charge is 2.15. The molecule has 0 spiro atoms.